The van der Waals surface area contributed by atoms with Crippen molar-refractivity contribution < 1.29 is 27.8 Å². The zero-order chi connectivity index (χ0) is 16.0. The van der Waals surface area contributed by atoms with Gasteiger partial charge in [-0.25, -0.2) is 0 Å². The summed E-state index contributed by atoms with van der Waals surface area (Å²) in [6.45, 7) is 0.238. The number of benzene rings is 1. The first-order valence-electron chi connectivity index (χ1n) is 6.07. The SMILES string of the molecule is COCC(O)CCNC(=O)c1ccc(Cl)c(C(F)(F)F)c1. The van der Waals surface area contributed by atoms with E-state index in [1.54, 1.807) is 0 Å². The summed E-state index contributed by atoms with van der Waals surface area (Å²) in [5.41, 5.74) is -1.20. The van der Waals surface area contributed by atoms with Crippen molar-refractivity contribution in [2.24, 2.45) is 0 Å². The van der Waals surface area contributed by atoms with E-state index in [-0.39, 0.29) is 25.1 Å². The molecule has 0 bridgehead atoms. The van der Waals surface area contributed by atoms with Crippen LogP contribution in [0.5, 0.6) is 0 Å². The molecular formula is C13H15ClF3NO3. The summed E-state index contributed by atoms with van der Waals surface area (Å²) in [6.07, 6.45) is -5.13. The minimum atomic E-state index is -4.62. The summed E-state index contributed by atoms with van der Waals surface area (Å²) in [5, 5.41) is 11.3. The van der Waals surface area contributed by atoms with Crippen LogP contribution in [0.15, 0.2) is 18.2 Å². The Hall–Kier alpha value is -1.31. The van der Waals surface area contributed by atoms with E-state index in [1.807, 2.05) is 0 Å². The minimum absolute atomic E-state index is 0.118. The van der Waals surface area contributed by atoms with Gasteiger partial charge in [-0.1, -0.05) is 11.6 Å². The van der Waals surface area contributed by atoms with E-state index in [9.17, 15) is 23.1 Å². The fourth-order valence-corrected chi connectivity index (χ4v) is 1.84. The Morgan fingerprint density at radius 1 is 1.48 bits per heavy atom. The van der Waals surface area contributed by atoms with Crippen LogP contribution < -0.4 is 5.32 Å². The molecular weight excluding hydrogens is 311 g/mol. The van der Waals surface area contributed by atoms with Gasteiger partial charge in [0.1, 0.15) is 0 Å². The number of rotatable bonds is 6. The van der Waals surface area contributed by atoms with Gasteiger partial charge in [-0.15, -0.1) is 0 Å². The van der Waals surface area contributed by atoms with Crippen LogP contribution >= 0.6 is 11.6 Å². The highest BCUT2D eigenvalue weighted by atomic mass is 35.5. The van der Waals surface area contributed by atoms with Crippen LogP contribution in [0.2, 0.25) is 5.02 Å². The molecule has 1 rings (SSSR count). The van der Waals surface area contributed by atoms with Crippen LogP contribution in [0.1, 0.15) is 22.3 Å². The first-order chi connectivity index (χ1) is 9.75. The topological polar surface area (TPSA) is 58.6 Å². The molecule has 2 N–H and O–H groups in total. The molecule has 1 unspecified atom stereocenters. The largest absolute Gasteiger partial charge is 0.417 e. The molecule has 1 aromatic rings. The number of aliphatic hydroxyl groups excluding tert-OH is 1. The second-order valence-corrected chi connectivity index (χ2v) is 4.75. The molecule has 0 saturated carbocycles. The molecule has 0 aromatic heterocycles. The van der Waals surface area contributed by atoms with E-state index in [4.69, 9.17) is 16.3 Å². The third kappa shape index (κ3) is 5.53. The molecule has 0 aliphatic carbocycles. The maximum atomic E-state index is 12.7. The van der Waals surface area contributed by atoms with Crippen molar-refractivity contribution in [2.45, 2.75) is 18.7 Å². The number of halogens is 4. The lowest BCUT2D eigenvalue weighted by atomic mass is 10.1. The smallest absolute Gasteiger partial charge is 0.391 e. The quantitative estimate of drug-likeness (QED) is 0.845. The van der Waals surface area contributed by atoms with Crippen molar-refractivity contribution in [2.75, 3.05) is 20.3 Å². The van der Waals surface area contributed by atoms with E-state index in [2.05, 4.69) is 5.32 Å². The molecule has 0 aliphatic rings. The summed E-state index contributed by atoms with van der Waals surface area (Å²) in [6, 6.07) is 2.93. The molecule has 1 atom stereocenters. The Morgan fingerprint density at radius 3 is 2.71 bits per heavy atom. The van der Waals surface area contributed by atoms with Crippen molar-refractivity contribution >= 4 is 17.5 Å². The molecule has 0 heterocycles. The van der Waals surface area contributed by atoms with E-state index in [0.29, 0.717) is 6.07 Å². The zero-order valence-electron chi connectivity index (χ0n) is 11.2. The number of alkyl halides is 3. The maximum Gasteiger partial charge on any atom is 0.417 e. The summed E-state index contributed by atoms with van der Waals surface area (Å²) < 4.78 is 42.7. The van der Waals surface area contributed by atoms with E-state index in [1.165, 1.54) is 13.2 Å². The van der Waals surface area contributed by atoms with Gasteiger partial charge in [0, 0.05) is 19.2 Å². The number of carbonyl (C=O) groups excluding carboxylic acids is 1. The minimum Gasteiger partial charge on any atom is -0.391 e. The number of amides is 1. The molecule has 4 nitrogen and oxygen atoms in total. The number of hydrogen-bond donors (Lipinski definition) is 2. The van der Waals surface area contributed by atoms with Crippen LogP contribution in [0.3, 0.4) is 0 Å². The molecule has 1 amide bonds. The van der Waals surface area contributed by atoms with Crippen molar-refractivity contribution in [1.29, 1.82) is 0 Å². The molecule has 0 radical (unpaired) electrons. The second-order valence-electron chi connectivity index (χ2n) is 4.35. The van der Waals surface area contributed by atoms with E-state index in [0.717, 1.165) is 6.07 Å². The highest BCUT2D eigenvalue weighted by molar-refractivity contribution is 6.31. The van der Waals surface area contributed by atoms with Gasteiger partial charge in [0.15, 0.2) is 0 Å². The van der Waals surface area contributed by atoms with Crippen molar-refractivity contribution in [3.8, 4) is 0 Å². The number of ether oxygens (including phenoxy) is 1. The molecule has 0 aliphatic heterocycles. The number of methoxy groups -OCH3 is 1. The molecule has 1 aromatic carbocycles. The summed E-state index contributed by atoms with van der Waals surface area (Å²) in [7, 11) is 1.42. The Labute approximate surface area is 124 Å². The highest BCUT2D eigenvalue weighted by Gasteiger charge is 2.33. The van der Waals surface area contributed by atoms with Gasteiger partial charge in [-0.2, -0.15) is 13.2 Å². The summed E-state index contributed by atoms with van der Waals surface area (Å²) in [5.74, 6) is -0.665. The lowest BCUT2D eigenvalue weighted by molar-refractivity contribution is -0.137. The number of nitrogens with one attached hydrogen (secondary N) is 1. The Bertz CT molecular complexity index is 494. The standard InChI is InChI=1S/C13H15ClF3NO3/c1-21-7-9(19)4-5-18-12(20)8-2-3-11(14)10(6-8)13(15,16)17/h2-3,6,9,19H,4-5,7H2,1H3,(H,18,20). The second kappa shape index (κ2) is 7.63. The monoisotopic (exact) mass is 325 g/mol. The Balaban J connectivity index is 2.67. The van der Waals surface area contributed by atoms with Crippen LogP contribution in [0.4, 0.5) is 13.2 Å². The third-order valence-corrected chi connectivity index (χ3v) is 2.99. The Kier molecular flexibility index (Phi) is 6.44. The van der Waals surface area contributed by atoms with Gasteiger partial charge in [0.2, 0.25) is 0 Å². The molecule has 8 heteroatoms. The average Bonchev–Trinajstić information content (AvgIpc) is 2.38. The lowest BCUT2D eigenvalue weighted by Crippen LogP contribution is -2.28. The first-order valence-corrected chi connectivity index (χ1v) is 6.45. The third-order valence-electron chi connectivity index (χ3n) is 2.66. The van der Waals surface area contributed by atoms with Crippen molar-refractivity contribution in [3.05, 3.63) is 34.3 Å². The predicted octanol–water partition coefficient (Wildman–Crippen LogP) is 2.49. The molecule has 118 valence electrons. The molecule has 0 fully saturated rings. The fourth-order valence-electron chi connectivity index (χ4n) is 1.61. The van der Waals surface area contributed by atoms with Gasteiger partial charge in [-0.05, 0) is 24.6 Å². The fraction of sp³-hybridized carbons (Fsp3) is 0.462. The number of carbonyl (C=O) groups is 1. The van der Waals surface area contributed by atoms with Crippen molar-refractivity contribution in [3.63, 3.8) is 0 Å². The highest BCUT2D eigenvalue weighted by Crippen LogP contribution is 2.35. The zero-order valence-corrected chi connectivity index (χ0v) is 12.0. The number of hydrogen-bond acceptors (Lipinski definition) is 3. The first kappa shape index (κ1) is 17.7. The summed E-state index contributed by atoms with van der Waals surface area (Å²) in [4.78, 5) is 11.7. The molecule has 21 heavy (non-hydrogen) atoms. The maximum absolute atomic E-state index is 12.7. The van der Waals surface area contributed by atoms with E-state index < -0.39 is 28.8 Å². The summed E-state index contributed by atoms with van der Waals surface area (Å²) >= 11 is 5.47. The predicted molar refractivity (Wildman–Crippen MR) is 71.3 cm³/mol. The van der Waals surface area contributed by atoms with Crippen LogP contribution in [0, 0.1) is 0 Å². The van der Waals surface area contributed by atoms with Crippen LogP contribution in [0.25, 0.3) is 0 Å². The Morgan fingerprint density at radius 2 is 2.14 bits per heavy atom. The lowest BCUT2D eigenvalue weighted by Gasteiger charge is -2.12. The average molecular weight is 326 g/mol. The van der Waals surface area contributed by atoms with E-state index >= 15 is 0 Å². The normalized spacial score (nSPS) is 13.0. The molecule has 0 saturated heterocycles. The van der Waals surface area contributed by atoms with Crippen LogP contribution in [-0.2, 0) is 10.9 Å². The van der Waals surface area contributed by atoms with Crippen molar-refractivity contribution in [1.82, 2.24) is 5.32 Å². The molecule has 0 spiro atoms. The van der Waals surface area contributed by atoms with Gasteiger partial charge in [0.05, 0.1) is 23.3 Å². The van der Waals surface area contributed by atoms with Gasteiger partial charge >= 0.3 is 6.18 Å². The number of aliphatic hydroxyl groups is 1. The van der Waals surface area contributed by atoms with Gasteiger partial charge < -0.3 is 15.2 Å². The van der Waals surface area contributed by atoms with Gasteiger partial charge in [-0.3, -0.25) is 4.79 Å². The van der Waals surface area contributed by atoms with Crippen LogP contribution in [-0.4, -0.2) is 37.4 Å². The van der Waals surface area contributed by atoms with Gasteiger partial charge in [0.25, 0.3) is 5.91 Å².